The highest BCUT2D eigenvalue weighted by Crippen LogP contribution is 2.21. The summed E-state index contributed by atoms with van der Waals surface area (Å²) in [6.45, 7) is 5.19. The van der Waals surface area contributed by atoms with Gasteiger partial charge >= 0.3 is 12.1 Å². The Balaban J connectivity index is 1.68. The first-order valence-corrected chi connectivity index (χ1v) is 11.3. The number of para-hydroxylation sites is 1. The normalized spacial score (nSPS) is 12.0. The number of aromatic nitrogens is 1. The lowest BCUT2D eigenvalue weighted by Crippen LogP contribution is -2.45. The van der Waals surface area contributed by atoms with Gasteiger partial charge in [-0.1, -0.05) is 18.2 Å². The number of hydrogen-bond donors (Lipinski definition) is 3. The molecule has 0 unspecified atom stereocenters. The molecular weight excluding hydrogens is 468 g/mol. The SMILES string of the molecule is CC(C)(C)OC(=O)NCCC(=O)N[C@@H](Cc1c[nH]c2ccccc12)C(=O)Oc1ccc([N+](=O)[O-])cc1. The molecule has 0 aliphatic carbocycles. The van der Waals surface area contributed by atoms with E-state index in [0.29, 0.717) is 0 Å². The summed E-state index contributed by atoms with van der Waals surface area (Å²) in [6.07, 6.45) is 1.16. The van der Waals surface area contributed by atoms with Crippen molar-refractivity contribution >= 4 is 34.6 Å². The van der Waals surface area contributed by atoms with Crippen LogP contribution in [0.25, 0.3) is 10.9 Å². The number of ether oxygens (including phenoxy) is 2. The highest BCUT2D eigenvalue weighted by atomic mass is 16.6. The Labute approximate surface area is 207 Å². The summed E-state index contributed by atoms with van der Waals surface area (Å²) >= 11 is 0. The lowest BCUT2D eigenvalue weighted by atomic mass is 10.0. The van der Waals surface area contributed by atoms with E-state index in [-0.39, 0.29) is 30.8 Å². The van der Waals surface area contributed by atoms with Crippen LogP contribution in [0, 0.1) is 10.1 Å². The van der Waals surface area contributed by atoms with E-state index in [1.807, 2.05) is 24.3 Å². The molecule has 0 spiro atoms. The average molecular weight is 497 g/mol. The van der Waals surface area contributed by atoms with Gasteiger partial charge in [0.05, 0.1) is 4.92 Å². The number of nitro groups is 1. The Morgan fingerprint density at radius 2 is 1.78 bits per heavy atom. The zero-order chi connectivity index (χ0) is 26.3. The molecule has 190 valence electrons. The zero-order valence-electron chi connectivity index (χ0n) is 20.2. The number of nitrogens with one attached hydrogen (secondary N) is 3. The average Bonchev–Trinajstić information content (AvgIpc) is 3.20. The summed E-state index contributed by atoms with van der Waals surface area (Å²) in [7, 11) is 0. The van der Waals surface area contributed by atoms with Crippen molar-refractivity contribution in [3.8, 4) is 5.75 Å². The highest BCUT2D eigenvalue weighted by molar-refractivity contribution is 5.88. The maximum Gasteiger partial charge on any atom is 0.407 e. The largest absolute Gasteiger partial charge is 0.444 e. The molecule has 3 N–H and O–H groups in total. The molecule has 1 aromatic heterocycles. The second kappa shape index (κ2) is 11.3. The van der Waals surface area contributed by atoms with Crippen LogP contribution in [0.5, 0.6) is 5.75 Å². The van der Waals surface area contributed by atoms with Crippen molar-refractivity contribution in [2.75, 3.05) is 6.54 Å². The number of nitrogens with zero attached hydrogens (tertiary/aromatic N) is 1. The first-order chi connectivity index (χ1) is 17.0. The van der Waals surface area contributed by atoms with Crippen molar-refractivity contribution in [3.05, 3.63) is 70.4 Å². The van der Waals surface area contributed by atoms with E-state index in [1.54, 1.807) is 27.0 Å². The predicted octanol–water partition coefficient (Wildman–Crippen LogP) is 3.62. The van der Waals surface area contributed by atoms with Gasteiger partial charge < -0.3 is 25.1 Å². The summed E-state index contributed by atoms with van der Waals surface area (Å²) in [5.41, 5.74) is 0.862. The number of carbonyl (C=O) groups is 3. The van der Waals surface area contributed by atoms with E-state index in [2.05, 4.69) is 15.6 Å². The Bertz CT molecular complexity index is 1250. The van der Waals surface area contributed by atoms with Crippen LogP contribution in [0.15, 0.2) is 54.7 Å². The van der Waals surface area contributed by atoms with E-state index >= 15 is 0 Å². The van der Waals surface area contributed by atoms with Crippen molar-refractivity contribution in [2.24, 2.45) is 0 Å². The van der Waals surface area contributed by atoms with Crippen molar-refractivity contribution in [1.29, 1.82) is 0 Å². The Kier molecular flexibility index (Phi) is 8.26. The van der Waals surface area contributed by atoms with Crippen molar-refractivity contribution in [1.82, 2.24) is 15.6 Å². The zero-order valence-corrected chi connectivity index (χ0v) is 20.2. The number of hydrogen-bond acceptors (Lipinski definition) is 7. The number of non-ortho nitro benzene ring substituents is 1. The summed E-state index contributed by atoms with van der Waals surface area (Å²) < 4.78 is 10.5. The van der Waals surface area contributed by atoms with Crippen LogP contribution < -0.4 is 15.4 Å². The number of alkyl carbamates (subject to hydrolysis) is 1. The highest BCUT2D eigenvalue weighted by Gasteiger charge is 2.25. The quantitative estimate of drug-likeness (QED) is 0.177. The van der Waals surface area contributed by atoms with E-state index < -0.39 is 34.5 Å². The molecule has 0 saturated heterocycles. The summed E-state index contributed by atoms with van der Waals surface area (Å²) in [5.74, 6) is -1.10. The van der Waals surface area contributed by atoms with Gasteiger partial charge in [-0.05, 0) is 44.5 Å². The van der Waals surface area contributed by atoms with Crippen LogP contribution in [0.1, 0.15) is 32.8 Å². The monoisotopic (exact) mass is 496 g/mol. The molecule has 2 aromatic carbocycles. The molecule has 3 rings (SSSR count). The van der Waals surface area contributed by atoms with Crippen LogP contribution in [0.3, 0.4) is 0 Å². The molecule has 1 atom stereocenters. The van der Waals surface area contributed by atoms with Crippen LogP contribution in [-0.4, -0.2) is 46.1 Å². The van der Waals surface area contributed by atoms with E-state index in [1.165, 1.54) is 24.3 Å². The Morgan fingerprint density at radius 1 is 1.08 bits per heavy atom. The fourth-order valence-electron chi connectivity index (χ4n) is 3.40. The number of fused-ring (bicyclic) bond motifs is 1. The second-order valence-electron chi connectivity index (χ2n) is 9.03. The number of nitro benzene ring substituents is 1. The molecule has 1 heterocycles. The van der Waals surface area contributed by atoms with Gasteiger partial charge in [0, 0.05) is 48.6 Å². The summed E-state index contributed by atoms with van der Waals surface area (Å²) in [5, 5.41) is 16.9. The van der Waals surface area contributed by atoms with Gasteiger partial charge in [0.15, 0.2) is 0 Å². The summed E-state index contributed by atoms with van der Waals surface area (Å²) in [4.78, 5) is 50.8. The molecule has 11 heteroatoms. The van der Waals surface area contributed by atoms with Crippen LogP contribution in [0.2, 0.25) is 0 Å². The topological polar surface area (TPSA) is 153 Å². The molecule has 0 saturated carbocycles. The molecule has 2 amide bonds. The molecule has 0 aliphatic rings. The summed E-state index contributed by atoms with van der Waals surface area (Å²) in [6, 6.07) is 11.5. The molecule has 0 radical (unpaired) electrons. The van der Waals surface area contributed by atoms with Crippen LogP contribution in [-0.2, 0) is 20.7 Å². The van der Waals surface area contributed by atoms with Crippen molar-refractivity contribution < 1.29 is 28.8 Å². The molecular formula is C25H28N4O7. The fraction of sp³-hybridized carbons (Fsp3) is 0.320. The maximum absolute atomic E-state index is 13.0. The van der Waals surface area contributed by atoms with Crippen molar-refractivity contribution in [2.45, 2.75) is 45.3 Å². The smallest absolute Gasteiger partial charge is 0.407 e. The third-order valence-electron chi connectivity index (χ3n) is 5.00. The Morgan fingerprint density at radius 3 is 2.44 bits per heavy atom. The number of aromatic amines is 1. The van der Waals surface area contributed by atoms with Gasteiger partial charge in [0.25, 0.3) is 5.69 Å². The lowest BCUT2D eigenvalue weighted by molar-refractivity contribution is -0.384. The number of H-pyrrole nitrogens is 1. The fourth-order valence-corrected chi connectivity index (χ4v) is 3.40. The third-order valence-corrected chi connectivity index (χ3v) is 5.00. The van der Waals surface area contributed by atoms with Gasteiger partial charge in [0.2, 0.25) is 5.91 Å². The minimum atomic E-state index is -1.05. The first kappa shape index (κ1) is 26.2. The van der Waals surface area contributed by atoms with E-state index in [4.69, 9.17) is 9.47 Å². The van der Waals surface area contributed by atoms with Gasteiger partial charge in [0.1, 0.15) is 17.4 Å². The van der Waals surface area contributed by atoms with Gasteiger partial charge in [-0.15, -0.1) is 0 Å². The number of esters is 1. The number of rotatable bonds is 9. The molecule has 0 fully saturated rings. The number of carbonyl (C=O) groups excluding carboxylic acids is 3. The molecule has 0 bridgehead atoms. The number of benzene rings is 2. The molecule has 3 aromatic rings. The number of amides is 2. The minimum absolute atomic E-state index is 0.0119. The van der Waals surface area contributed by atoms with Crippen LogP contribution in [0.4, 0.5) is 10.5 Å². The minimum Gasteiger partial charge on any atom is -0.444 e. The lowest BCUT2D eigenvalue weighted by Gasteiger charge is -2.20. The molecule has 0 aliphatic heterocycles. The van der Waals surface area contributed by atoms with Gasteiger partial charge in [-0.3, -0.25) is 14.9 Å². The van der Waals surface area contributed by atoms with E-state index in [9.17, 15) is 24.5 Å². The maximum atomic E-state index is 13.0. The van der Waals surface area contributed by atoms with Crippen molar-refractivity contribution in [3.63, 3.8) is 0 Å². The first-order valence-electron chi connectivity index (χ1n) is 11.3. The van der Waals surface area contributed by atoms with E-state index in [0.717, 1.165) is 16.5 Å². The predicted molar refractivity (Wildman–Crippen MR) is 132 cm³/mol. The third kappa shape index (κ3) is 7.55. The Hall–Kier alpha value is -4.41. The van der Waals surface area contributed by atoms with Gasteiger partial charge in [-0.25, -0.2) is 9.59 Å². The second-order valence-corrected chi connectivity index (χ2v) is 9.03. The molecule has 11 nitrogen and oxygen atoms in total. The van der Waals surface area contributed by atoms with Crippen LogP contribution >= 0.6 is 0 Å². The standard InChI is InChI=1S/C25H28N4O7/c1-25(2,3)36-24(32)26-13-12-22(30)28-21(14-16-15-27-20-7-5-4-6-19(16)20)23(31)35-18-10-8-17(9-11-18)29(33)34/h4-11,15,21,27H,12-14H2,1-3H3,(H,26,32)(H,28,30)/t21-/m0/s1. The molecule has 36 heavy (non-hydrogen) atoms. The van der Waals surface area contributed by atoms with Gasteiger partial charge in [-0.2, -0.15) is 0 Å².